The number of carbonyl (C=O) groups excluding carboxylic acids is 2. The molecule has 0 spiro atoms. The van der Waals surface area contributed by atoms with Gasteiger partial charge in [-0.2, -0.15) is 0 Å². The second-order valence-electron chi connectivity index (χ2n) is 8.35. The van der Waals surface area contributed by atoms with Crippen molar-refractivity contribution < 1.29 is 14.3 Å². The average molecular weight is 408 g/mol. The van der Waals surface area contributed by atoms with E-state index in [1.165, 1.54) is 7.11 Å². The number of para-hydroxylation sites is 2. The number of nitrogens with zero attached hydrogens (tertiary/aromatic N) is 2. The number of benzene rings is 2. The fourth-order valence-corrected chi connectivity index (χ4v) is 5.15. The van der Waals surface area contributed by atoms with Crippen LogP contribution in [0, 0.1) is 0 Å². The number of nitrogens with two attached hydrogens (primary N) is 1. The van der Waals surface area contributed by atoms with E-state index in [-0.39, 0.29) is 18.4 Å². The quantitative estimate of drug-likeness (QED) is 0.732. The van der Waals surface area contributed by atoms with Crippen molar-refractivity contribution in [2.45, 2.75) is 49.6 Å². The van der Waals surface area contributed by atoms with E-state index in [4.69, 9.17) is 10.5 Å². The van der Waals surface area contributed by atoms with Crippen LogP contribution in [0.4, 0.5) is 16.2 Å². The molecule has 0 radical (unpaired) electrons. The summed E-state index contributed by atoms with van der Waals surface area (Å²) in [5, 5.41) is 0. The number of ether oxygens (including phenoxy) is 1. The highest BCUT2D eigenvalue weighted by Gasteiger charge is 2.61. The van der Waals surface area contributed by atoms with Crippen LogP contribution in [0.3, 0.4) is 0 Å². The van der Waals surface area contributed by atoms with Crippen molar-refractivity contribution >= 4 is 23.4 Å². The molecule has 2 aromatic rings. The third kappa shape index (κ3) is 3.35. The van der Waals surface area contributed by atoms with Crippen molar-refractivity contribution in [2.24, 2.45) is 5.73 Å². The van der Waals surface area contributed by atoms with E-state index in [2.05, 4.69) is 0 Å². The molecule has 1 heterocycles. The van der Waals surface area contributed by atoms with Crippen molar-refractivity contribution in [2.75, 3.05) is 23.5 Å². The first-order chi connectivity index (χ1) is 14.5. The monoisotopic (exact) mass is 407 g/mol. The first-order valence-electron chi connectivity index (χ1n) is 10.6. The zero-order valence-electron chi connectivity index (χ0n) is 17.4. The summed E-state index contributed by atoms with van der Waals surface area (Å²) in [6.45, 7) is 0.443. The molecule has 1 atom stereocenters. The summed E-state index contributed by atoms with van der Waals surface area (Å²) in [5.74, 6) is -0.283. The van der Waals surface area contributed by atoms with Crippen molar-refractivity contribution in [1.82, 2.24) is 0 Å². The molecule has 1 saturated carbocycles. The Labute approximate surface area is 177 Å². The topological polar surface area (TPSA) is 75.9 Å². The van der Waals surface area contributed by atoms with Gasteiger partial charge in [0.05, 0.1) is 19.2 Å². The maximum absolute atomic E-state index is 13.8. The second kappa shape index (κ2) is 8.11. The minimum atomic E-state index is -0.702. The van der Waals surface area contributed by atoms with E-state index in [1.54, 1.807) is 4.90 Å². The maximum Gasteiger partial charge on any atom is 0.329 e. The van der Waals surface area contributed by atoms with Gasteiger partial charge in [-0.15, -0.1) is 0 Å². The van der Waals surface area contributed by atoms with Crippen molar-refractivity contribution in [3.8, 4) is 0 Å². The molecule has 0 aromatic heterocycles. The SMILES string of the molecule is COC(=O)CCC1(C2(N)CCCC2)CN(c2ccccc2)C(=O)N1c1ccccc1. The zero-order chi connectivity index (χ0) is 21.2. The first kappa shape index (κ1) is 20.4. The molecule has 6 nitrogen and oxygen atoms in total. The van der Waals surface area contributed by atoms with Gasteiger partial charge in [0, 0.05) is 23.3 Å². The summed E-state index contributed by atoms with van der Waals surface area (Å²) in [6.07, 6.45) is 4.38. The van der Waals surface area contributed by atoms with Crippen molar-refractivity contribution in [3.05, 3.63) is 60.7 Å². The van der Waals surface area contributed by atoms with Crippen LogP contribution in [-0.2, 0) is 9.53 Å². The maximum atomic E-state index is 13.8. The third-order valence-electron chi connectivity index (χ3n) is 6.75. The van der Waals surface area contributed by atoms with Crippen LogP contribution in [0.2, 0.25) is 0 Å². The lowest BCUT2D eigenvalue weighted by atomic mass is 9.72. The Hall–Kier alpha value is -2.86. The third-order valence-corrected chi connectivity index (χ3v) is 6.75. The van der Waals surface area contributed by atoms with Gasteiger partial charge in [0.1, 0.15) is 0 Å². The van der Waals surface area contributed by atoms with Crippen molar-refractivity contribution in [1.29, 1.82) is 0 Å². The Balaban J connectivity index is 1.84. The summed E-state index contributed by atoms with van der Waals surface area (Å²) < 4.78 is 4.93. The summed E-state index contributed by atoms with van der Waals surface area (Å²) in [6, 6.07) is 19.2. The molecule has 2 amide bonds. The summed E-state index contributed by atoms with van der Waals surface area (Å²) in [7, 11) is 1.40. The van der Waals surface area contributed by atoms with Crippen LogP contribution < -0.4 is 15.5 Å². The summed E-state index contributed by atoms with van der Waals surface area (Å²) in [4.78, 5) is 29.6. The Bertz CT molecular complexity index is 896. The Morgan fingerprint density at radius 2 is 1.57 bits per heavy atom. The van der Waals surface area contributed by atoms with Gasteiger partial charge in [-0.05, 0) is 43.5 Å². The fourth-order valence-electron chi connectivity index (χ4n) is 5.15. The molecule has 0 bridgehead atoms. The molecule has 2 fully saturated rings. The second-order valence-corrected chi connectivity index (χ2v) is 8.35. The molecule has 1 aliphatic heterocycles. The lowest BCUT2D eigenvalue weighted by Gasteiger charge is -2.48. The molecule has 1 aliphatic carbocycles. The highest BCUT2D eigenvalue weighted by atomic mass is 16.5. The van der Waals surface area contributed by atoms with Crippen molar-refractivity contribution in [3.63, 3.8) is 0 Å². The number of rotatable bonds is 6. The largest absolute Gasteiger partial charge is 0.469 e. The molecular formula is C24H29N3O3. The van der Waals surface area contributed by atoms with Crippen LogP contribution in [0.1, 0.15) is 38.5 Å². The average Bonchev–Trinajstić information content (AvgIpc) is 3.36. The molecule has 4 rings (SSSR count). The number of urea groups is 1. The van der Waals surface area contributed by atoms with Crippen LogP contribution in [-0.4, -0.2) is 36.7 Å². The van der Waals surface area contributed by atoms with Gasteiger partial charge < -0.3 is 10.5 Å². The Morgan fingerprint density at radius 1 is 1.00 bits per heavy atom. The summed E-state index contributed by atoms with van der Waals surface area (Å²) in [5.41, 5.74) is 7.45. The molecule has 6 heteroatoms. The number of hydrogen-bond acceptors (Lipinski definition) is 4. The molecule has 1 unspecified atom stereocenters. The lowest BCUT2D eigenvalue weighted by Crippen LogP contribution is -2.67. The highest BCUT2D eigenvalue weighted by Crippen LogP contribution is 2.49. The minimum Gasteiger partial charge on any atom is -0.469 e. The van der Waals surface area contributed by atoms with E-state index in [1.807, 2.05) is 65.6 Å². The van der Waals surface area contributed by atoms with Gasteiger partial charge in [0.15, 0.2) is 0 Å². The zero-order valence-corrected chi connectivity index (χ0v) is 17.4. The Morgan fingerprint density at radius 3 is 2.13 bits per heavy atom. The molecular weight excluding hydrogens is 378 g/mol. The van der Waals surface area contributed by atoms with Gasteiger partial charge in [0.25, 0.3) is 0 Å². The van der Waals surface area contributed by atoms with Gasteiger partial charge in [-0.25, -0.2) is 4.79 Å². The minimum absolute atomic E-state index is 0.103. The smallest absolute Gasteiger partial charge is 0.329 e. The van der Waals surface area contributed by atoms with Crippen LogP contribution in [0.15, 0.2) is 60.7 Å². The Kier molecular flexibility index (Phi) is 5.52. The van der Waals surface area contributed by atoms with Gasteiger partial charge in [0.2, 0.25) is 0 Å². The number of carbonyl (C=O) groups is 2. The first-order valence-corrected chi connectivity index (χ1v) is 10.6. The van der Waals surface area contributed by atoms with E-state index in [9.17, 15) is 9.59 Å². The van der Waals surface area contributed by atoms with Gasteiger partial charge in [-0.1, -0.05) is 49.2 Å². The highest BCUT2D eigenvalue weighted by molar-refractivity contribution is 6.08. The van der Waals surface area contributed by atoms with Crippen LogP contribution in [0.25, 0.3) is 0 Å². The van der Waals surface area contributed by atoms with E-state index in [0.29, 0.717) is 13.0 Å². The predicted molar refractivity (Wildman–Crippen MR) is 117 cm³/mol. The standard InChI is InChI=1S/C24H29N3O3/c1-30-21(28)14-17-24(23(25)15-8-9-16-23)18-26(19-10-4-2-5-11-19)22(29)27(24)20-12-6-3-7-13-20/h2-7,10-13H,8-9,14-18,25H2,1H3. The van der Waals surface area contributed by atoms with E-state index >= 15 is 0 Å². The normalized spacial score (nSPS) is 23.1. The molecule has 2 aliphatic rings. The van der Waals surface area contributed by atoms with Gasteiger partial charge >= 0.3 is 12.0 Å². The fraction of sp³-hybridized carbons (Fsp3) is 0.417. The van der Waals surface area contributed by atoms with Crippen LogP contribution in [0.5, 0.6) is 0 Å². The summed E-state index contributed by atoms with van der Waals surface area (Å²) >= 11 is 0. The van der Waals surface area contributed by atoms with Crippen LogP contribution >= 0.6 is 0 Å². The molecule has 2 N–H and O–H groups in total. The number of esters is 1. The lowest BCUT2D eigenvalue weighted by molar-refractivity contribution is -0.141. The predicted octanol–water partition coefficient (Wildman–Crippen LogP) is 4.10. The number of amides is 2. The van der Waals surface area contributed by atoms with E-state index in [0.717, 1.165) is 37.1 Å². The molecule has 1 saturated heterocycles. The molecule has 30 heavy (non-hydrogen) atoms. The number of methoxy groups -OCH3 is 1. The molecule has 158 valence electrons. The van der Waals surface area contributed by atoms with Gasteiger partial charge in [-0.3, -0.25) is 14.6 Å². The van der Waals surface area contributed by atoms with E-state index < -0.39 is 11.1 Å². The number of hydrogen-bond donors (Lipinski definition) is 1. The number of anilines is 2. The molecule has 2 aromatic carbocycles.